The van der Waals surface area contributed by atoms with Gasteiger partial charge in [0.2, 0.25) is 0 Å². The van der Waals surface area contributed by atoms with E-state index in [-0.39, 0.29) is 10.6 Å². The van der Waals surface area contributed by atoms with Crippen LogP contribution in [0, 0.1) is 10.1 Å². The minimum atomic E-state index is -3.72. The number of nitro benzene ring substituents is 1. The van der Waals surface area contributed by atoms with Gasteiger partial charge < -0.3 is 0 Å². The Morgan fingerprint density at radius 3 is 2.13 bits per heavy atom. The third-order valence-corrected chi connectivity index (χ3v) is 5.09. The van der Waals surface area contributed by atoms with Gasteiger partial charge in [-0.3, -0.25) is 10.1 Å². The molecule has 1 aromatic heterocycles. The maximum absolute atomic E-state index is 12.7. The van der Waals surface area contributed by atoms with Crippen molar-refractivity contribution in [2.45, 2.75) is 4.90 Å². The van der Waals surface area contributed by atoms with Gasteiger partial charge in [-0.2, -0.15) is 0 Å². The summed E-state index contributed by atoms with van der Waals surface area (Å²) in [5, 5.41) is 10.7. The van der Waals surface area contributed by atoms with Gasteiger partial charge in [0.25, 0.3) is 15.7 Å². The number of nitro groups is 1. The van der Waals surface area contributed by atoms with Gasteiger partial charge in [-0.1, -0.05) is 18.2 Å². The Hall–Kier alpha value is -2.93. The lowest BCUT2D eigenvalue weighted by atomic mass is 10.1. The van der Waals surface area contributed by atoms with E-state index >= 15 is 0 Å². The van der Waals surface area contributed by atoms with Gasteiger partial charge in [-0.25, -0.2) is 12.4 Å². The van der Waals surface area contributed by atoms with Crippen molar-refractivity contribution in [1.82, 2.24) is 3.97 Å². The van der Waals surface area contributed by atoms with E-state index in [1.165, 1.54) is 46.6 Å². The molecule has 2 aromatic carbocycles. The van der Waals surface area contributed by atoms with Gasteiger partial charge in [-0.05, 0) is 42.0 Å². The SMILES string of the molecule is O=[N+]([O-])c1ccc(-c2cccn2S(=O)(=O)c2ccccc2)cc1. The lowest BCUT2D eigenvalue weighted by Crippen LogP contribution is -2.12. The fourth-order valence-corrected chi connectivity index (χ4v) is 3.64. The molecule has 0 N–H and O–H groups in total. The molecule has 0 fully saturated rings. The quantitative estimate of drug-likeness (QED) is 0.543. The van der Waals surface area contributed by atoms with Crippen molar-refractivity contribution in [3.63, 3.8) is 0 Å². The molecule has 23 heavy (non-hydrogen) atoms. The Labute approximate surface area is 132 Å². The van der Waals surface area contributed by atoms with E-state index in [4.69, 9.17) is 0 Å². The van der Waals surface area contributed by atoms with Crippen LogP contribution in [-0.4, -0.2) is 17.3 Å². The van der Waals surface area contributed by atoms with Crippen molar-refractivity contribution in [3.8, 4) is 11.3 Å². The first-order valence-corrected chi connectivity index (χ1v) is 8.17. The summed E-state index contributed by atoms with van der Waals surface area (Å²) in [6.07, 6.45) is 1.46. The largest absolute Gasteiger partial charge is 0.269 e. The van der Waals surface area contributed by atoms with Gasteiger partial charge in [0, 0.05) is 18.3 Å². The second-order valence-corrected chi connectivity index (χ2v) is 6.63. The number of aromatic nitrogens is 1. The molecule has 7 heteroatoms. The zero-order valence-electron chi connectivity index (χ0n) is 11.9. The Balaban J connectivity index is 2.08. The van der Waals surface area contributed by atoms with Crippen molar-refractivity contribution in [3.05, 3.63) is 83.0 Å². The maximum Gasteiger partial charge on any atom is 0.269 e. The van der Waals surface area contributed by atoms with Crippen LogP contribution in [0.2, 0.25) is 0 Å². The van der Waals surface area contributed by atoms with Crippen molar-refractivity contribution in [1.29, 1.82) is 0 Å². The molecular weight excluding hydrogens is 316 g/mol. The van der Waals surface area contributed by atoms with Crippen molar-refractivity contribution in [2.24, 2.45) is 0 Å². The highest BCUT2D eigenvalue weighted by Gasteiger charge is 2.19. The summed E-state index contributed by atoms with van der Waals surface area (Å²) < 4.78 is 26.6. The van der Waals surface area contributed by atoms with Crippen LogP contribution in [-0.2, 0) is 10.0 Å². The van der Waals surface area contributed by atoms with E-state index in [1.807, 2.05) is 0 Å². The average molecular weight is 328 g/mol. The van der Waals surface area contributed by atoms with E-state index in [0.29, 0.717) is 11.3 Å². The first-order chi connectivity index (χ1) is 11.0. The molecule has 3 aromatic rings. The van der Waals surface area contributed by atoms with Gasteiger partial charge >= 0.3 is 0 Å². The molecule has 6 nitrogen and oxygen atoms in total. The molecule has 0 atom stereocenters. The third kappa shape index (κ3) is 2.74. The van der Waals surface area contributed by atoms with E-state index in [1.54, 1.807) is 30.3 Å². The molecule has 0 saturated heterocycles. The van der Waals surface area contributed by atoms with Gasteiger partial charge in [-0.15, -0.1) is 0 Å². The Morgan fingerprint density at radius 2 is 1.52 bits per heavy atom. The first kappa shape index (κ1) is 15.0. The van der Waals surface area contributed by atoms with Crippen LogP contribution >= 0.6 is 0 Å². The fraction of sp³-hybridized carbons (Fsp3) is 0. The number of hydrogen-bond donors (Lipinski definition) is 0. The molecule has 1 heterocycles. The van der Waals surface area contributed by atoms with E-state index in [2.05, 4.69) is 0 Å². The molecule has 0 amide bonds. The summed E-state index contributed by atoms with van der Waals surface area (Å²) in [5.74, 6) is 0. The molecule has 116 valence electrons. The molecule has 0 bridgehead atoms. The van der Waals surface area contributed by atoms with Gasteiger partial charge in [0.15, 0.2) is 0 Å². The Morgan fingerprint density at radius 1 is 0.870 bits per heavy atom. The molecular formula is C16H12N2O4S. The number of benzene rings is 2. The second-order valence-electron chi connectivity index (χ2n) is 4.81. The zero-order valence-corrected chi connectivity index (χ0v) is 12.7. The number of rotatable bonds is 4. The van der Waals surface area contributed by atoms with E-state index < -0.39 is 14.9 Å². The molecule has 0 spiro atoms. The predicted molar refractivity (Wildman–Crippen MR) is 85.5 cm³/mol. The normalized spacial score (nSPS) is 11.3. The molecule has 0 radical (unpaired) electrons. The smallest absolute Gasteiger partial charge is 0.258 e. The number of non-ortho nitro benzene ring substituents is 1. The Bertz CT molecular complexity index is 945. The monoisotopic (exact) mass is 328 g/mol. The minimum Gasteiger partial charge on any atom is -0.258 e. The second kappa shape index (κ2) is 5.69. The summed E-state index contributed by atoms with van der Waals surface area (Å²) >= 11 is 0. The molecule has 0 aliphatic rings. The summed E-state index contributed by atoms with van der Waals surface area (Å²) in [6, 6.07) is 17.1. The number of nitrogens with zero attached hydrogens (tertiary/aromatic N) is 2. The predicted octanol–water partition coefficient (Wildman–Crippen LogP) is 3.30. The van der Waals surface area contributed by atoms with Crippen molar-refractivity contribution in [2.75, 3.05) is 0 Å². The van der Waals surface area contributed by atoms with E-state index in [9.17, 15) is 18.5 Å². The van der Waals surface area contributed by atoms with Crippen molar-refractivity contribution >= 4 is 15.7 Å². The molecule has 0 saturated carbocycles. The third-order valence-electron chi connectivity index (χ3n) is 3.39. The highest BCUT2D eigenvalue weighted by Crippen LogP contribution is 2.26. The standard InChI is InChI=1S/C16H12N2O4S/c19-18(20)14-10-8-13(9-11-14)16-7-4-12-17(16)23(21,22)15-5-2-1-3-6-15/h1-12H. The Kier molecular flexibility index (Phi) is 3.71. The lowest BCUT2D eigenvalue weighted by Gasteiger charge is -2.10. The van der Waals surface area contributed by atoms with E-state index in [0.717, 1.165) is 0 Å². The van der Waals surface area contributed by atoms with Crippen LogP contribution in [0.5, 0.6) is 0 Å². The van der Waals surface area contributed by atoms with Crippen LogP contribution in [0.3, 0.4) is 0 Å². The van der Waals surface area contributed by atoms with Crippen LogP contribution in [0.4, 0.5) is 5.69 Å². The maximum atomic E-state index is 12.7. The van der Waals surface area contributed by atoms with Crippen LogP contribution in [0.25, 0.3) is 11.3 Å². The molecule has 3 rings (SSSR count). The average Bonchev–Trinajstić information content (AvgIpc) is 3.06. The zero-order chi connectivity index (χ0) is 16.4. The van der Waals surface area contributed by atoms with Gasteiger partial charge in [0.1, 0.15) is 0 Å². The van der Waals surface area contributed by atoms with Crippen molar-refractivity contribution < 1.29 is 13.3 Å². The van der Waals surface area contributed by atoms with Gasteiger partial charge in [0.05, 0.1) is 15.5 Å². The highest BCUT2D eigenvalue weighted by molar-refractivity contribution is 7.90. The summed E-state index contributed by atoms with van der Waals surface area (Å²) in [6.45, 7) is 0. The molecule has 0 aliphatic carbocycles. The summed E-state index contributed by atoms with van der Waals surface area (Å²) in [7, 11) is -3.72. The highest BCUT2D eigenvalue weighted by atomic mass is 32.2. The summed E-state index contributed by atoms with van der Waals surface area (Å²) in [4.78, 5) is 10.4. The molecule has 0 aliphatic heterocycles. The fourth-order valence-electron chi connectivity index (χ4n) is 2.26. The van der Waals surface area contributed by atoms with Crippen LogP contribution in [0.1, 0.15) is 0 Å². The first-order valence-electron chi connectivity index (χ1n) is 6.73. The topological polar surface area (TPSA) is 82.2 Å². The lowest BCUT2D eigenvalue weighted by molar-refractivity contribution is -0.384. The van der Waals surface area contributed by atoms with Crippen LogP contribution in [0.15, 0.2) is 77.8 Å². The number of hydrogen-bond acceptors (Lipinski definition) is 4. The summed E-state index contributed by atoms with van der Waals surface area (Å²) in [5.41, 5.74) is 0.988. The van der Waals surface area contributed by atoms with Crippen LogP contribution < -0.4 is 0 Å². The molecule has 0 unspecified atom stereocenters. The minimum absolute atomic E-state index is 0.0437.